The van der Waals surface area contributed by atoms with E-state index in [0.717, 1.165) is 0 Å². The zero-order chi connectivity index (χ0) is 20.1. The summed E-state index contributed by atoms with van der Waals surface area (Å²) < 4.78 is 0. The number of amides is 4. The first-order valence-corrected chi connectivity index (χ1v) is 8.56. The van der Waals surface area contributed by atoms with Crippen molar-refractivity contribution in [2.45, 2.75) is 19.4 Å². The number of likely N-dealkylation sites (N-methyl/N-ethyl adjacent to an activating group) is 3. The van der Waals surface area contributed by atoms with Crippen LogP contribution in [-0.4, -0.2) is 100 Å². The quantitative estimate of drug-likeness (QED) is 0.297. The highest BCUT2D eigenvalue weighted by atomic mass is 16.2. The molecule has 10 heteroatoms. The van der Waals surface area contributed by atoms with E-state index >= 15 is 0 Å². The van der Waals surface area contributed by atoms with Gasteiger partial charge in [-0.15, -0.1) is 0 Å². The number of carbonyl (C=O) groups is 4. The van der Waals surface area contributed by atoms with Crippen molar-refractivity contribution in [3.8, 4) is 0 Å². The Morgan fingerprint density at radius 3 is 1.58 bits per heavy atom. The lowest BCUT2D eigenvalue weighted by atomic mass is 10.2. The standard InChI is InChI=1S/C16H32N6O4/c1-12(22(10-15(25)19-4)11-16(26)20-5)8-21(9-14(24)18-3)7-6-13(23)17-2/h12H,6-11H2,1-5H3,(H,17,23)(H,18,24)(H,19,25)(H,20,26). The van der Waals surface area contributed by atoms with Gasteiger partial charge in [-0.3, -0.25) is 29.0 Å². The lowest BCUT2D eigenvalue weighted by molar-refractivity contribution is -0.126. The van der Waals surface area contributed by atoms with Crippen LogP contribution >= 0.6 is 0 Å². The molecule has 4 amide bonds. The maximum atomic E-state index is 11.7. The monoisotopic (exact) mass is 372 g/mol. The van der Waals surface area contributed by atoms with Crippen LogP contribution in [-0.2, 0) is 19.2 Å². The molecule has 10 nitrogen and oxygen atoms in total. The third kappa shape index (κ3) is 9.94. The topological polar surface area (TPSA) is 123 Å². The fourth-order valence-electron chi connectivity index (χ4n) is 2.29. The predicted molar refractivity (Wildman–Crippen MR) is 98.4 cm³/mol. The van der Waals surface area contributed by atoms with Crippen molar-refractivity contribution in [2.24, 2.45) is 0 Å². The molecule has 0 rings (SSSR count). The summed E-state index contributed by atoms with van der Waals surface area (Å²) >= 11 is 0. The molecule has 0 aromatic carbocycles. The van der Waals surface area contributed by atoms with E-state index in [1.807, 2.05) is 11.8 Å². The molecule has 4 N–H and O–H groups in total. The number of carbonyl (C=O) groups excluding carboxylic acids is 4. The lowest BCUT2D eigenvalue weighted by Crippen LogP contribution is -2.51. The van der Waals surface area contributed by atoms with Crippen LogP contribution in [0.2, 0.25) is 0 Å². The second-order valence-electron chi connectivity index (χ2n) is 5.93. The maximum absolute atomic E-state index is 11.7. The number of hydrogen-bond donors (Lipinski definition) is 4. The van der Waals surface area contributed by atoms with Crippen LogP contribution in [0.4, 0.5) is 0 Å². The van der Waals surface area contributed by atoms with E-state index in [9.17, 15) is 19.2 Å². The molecule has 0 spiro atoms. The molecule has 0 fully saturated rings. The molecule has 0 aliphatic rings. The largest absolute Gasteiger partial charge is 0.359 e. The third-order valence-electron chi connectivity index (χ3n) is 3.98. The zero-order valence-electron chi connectivity index (χ0n) is 16.3. The summed E-state index contributed by atoms with van der Waals surface area (Å²) in [5.74, 6) is -0.696. The van der Waals surface area contributed by atoms with Crippen molar-refractivity contribution in [1.82, 2.24) is 31.1 Å². The van der Waals surface area contributed by atoms with Gasteiger partial charge in [0.15, 0.2) is 0 Å². The first kappa shape index (κ1) is 23.8. The van der Waals surface area contributed by atoms with Gasteiger partial charge in [-0.25, -0.2) is 0 Å². The van der Waals surface area contributed by atoms with E-state index in [-0.39, 0.29) is 55.7 Å². The second-order valence-corrected chi connectivity index (χ2v) is 5.93. The lowest BCUT2D eigenvalue weighted by Gasteiger charge is -2.32. The third-order valence-corrected chi connectivity index (χ3v) is 3.98. The average molecular weight is 372 g/mol. The molecule has 0 heterocycles. The molecule has 0 bridgehead atoms. The van der Waals surface area contributed by atoms with Crippen molar-refractivity contribution in [3.05, 3.63) is 0 Å². The average Bonchev–Trinajstić information content (AvgIpc) is 2.64. The van der Waals surface area contributed by atoms with Gasteiger partial charge in [-0.05, 0) is 6.92 Å². The Labute approximate surface area is 155 Å². The maximum Gasteiger partial charge on any atom is 0.233 e. The van der Waals surface area contributed by atoms with Crippen LogP contribution in [0.3, 0.4) is 0 Å². The molecule has 1 atom stereocenters. The summed E-state index contributed by atoms with van der Waals surface area (Å²) in [4.78, 5) is 50.3. The van der Waals surface area contributed by atoms with E-state index in [0.29, 0.717) is 13.1 Å². The number of nitrogens with zero attached hydrogens (tertiary/aromatic N) is 2. The molecule has 0 aliphatic carbocycles. The van der Waals surface area contributed by atoms with Crippen molar-refractivity contribution >= 4 is 23.6 Å². The van der Waals surface area contributed by atoms with Gasteiger partial charge >= 0.3 is 0 Å². The fraction of sp³-hybridized carbons (Fsp3) is 0.750. The van der Waals surface area contributed by atoms with Gasteiger partial charge in [0.05, 0.1) is 19.6 Å². The highest BCUT2D eigenvalue weighted by Crippen LogP contribution is 2.04. The Morgan fingerprint density at radius 1 is 0.731 bits per heavy atom. The van der Waals surface area contributed by atoms with E-state index in [1.54, 1.807) is 19.0 Å². The van der Waals surface area contributed by atoms with Crippen molar-refractivity contribution in [3.63, 3.8) is 0 Å². The van der Waals surface area contributed by atoms with Crippen LogP contribution in [0.15, 0.2) is 0 Å². The molecule has 26 heavy (non-hydrogen) atoms. The first-order valence-electron chi connectivity index (χ1n) is 8.56. The number of nitrogens with one attached hydrogen (secondary N) is 4. The fourth-order valence-corrected chi connectivity index (χ4v) is 2.29. The van der Waals surface area contributed by atoms with E-state index in [4.69, 9.17) is 0 Å². The van der Waals surface area contributed by atoms with Gasteiger partial charge in [0.1, 0.15) is 0 Å². The summed E-state index contributed by atoms with van der Waals surface area (Å²) in [6, 6.07) is -0.182. The van der Waals surface area contributed by atoms with E-state index < -0.39 is 0 Å². The van der Waals surface area contributed by atoms with E-state index in [1.165, 1.54) is 14.1 Å². The Hall–Kier alpha value is -2.20. The molecule has 0 radical (unpaired) electrons. The van der Waals surface area contributed by atoms with Crippen molar-refractivity contribution in [2.75, 3.05) is 60.9 Å². The molecular formula is C16H32N6O4. The molecule has 0 aromatic heterocycles. The van der Waals surface area contributed by atoms with Gasteiger partial charge in [-0.2, -0.15) is 0 Å². The molecular weight excluding hydrogens is 340 g/mol. The molecule has 0 saturated carbocycles. The summed E-state index contributed by atoms with van der Waals surface area (Å²) in [5.41, 5.74) is 0. The first-order chi connectivity index (χ1) is 12.3. The van der Waals surface area contributed by atoms with Gasteiger partial charge in [0.2, 0.25) is 23.6 Å². The second kappa shape index (κ2) is 13.1. The molecule has 0 saturated heterocycles. The highest BCUT2D eigenvalue weighted by molar-refractivity contribution is 5.81. The van der Waals surface area contributed by atoms with Gasteiger partial charge in [0.25, 0.3) is 0 Å². The van der Waals surface area contributed by atoms with Crippen LogP contribution in [0.25, 0.3) is 0 Å². The normalized spacial score (nSPS) is 11.8. The number of hydrogen-bond acceptors (Lipinski definition) is 6. The van der Waals surface area contributed by atoms with Gasteiger partial charge in [-0.1, -0.05) is 0 Å². The Bertz CT molecular complexity index is 467. The predicted octanol–water partition coefficient (Wildman–Crippen LogP) is -2.65. The minimum atomic E-state index is -0.205. The molecule has 0 aliphatic heterocycles. The SMILES string of the molecule is CNC(=O)CCN(CC(=O)NC)CC(C)N(CC(=O)NC)CC(=O)NC. The van der Waals surface area contributed by atoms with Crippen molar-refractivity contribution < 1.29 is 19.2 Å². The summed E-state index contributed by atoms with van der Waals surface area (Å²) in [5, 5.41) is 10.2. The van der Waals surface area contributed by atoms with Crippen LogP contribution in [0.5, 0.6) is 0 Å². The molecule has 0 aromatic rings. The Morgan fingerprint density at radius 2 is 1.15 bits per heavy atom. The smallest absolute Gasteiger partial charge is 0.233 e. The van der Waals surface area contributed by atoms with Crippen molar-refractivity contribution in [1.29, 1.82) is 0 Å². The number of rotatable bonds is 12. The summed E-state index contributed by atoms with van der Waals surface area (Å²) in [6.07, 6.45) is 0.255. The Kier molecular flexibility index (Phi) is 12.0. The van der Waals surface area contributed by atoms with Crippen LogP contribution in [0, 0.1) is 0 Å². The summed E-state index contributed by atoms with van der Waals surface area (Å²) in [7, 11) is 6.17. The zero-order valence-corrected chi connectivity index (χ0v) is 16.3. The van der Waals surface area contributed by atoms with Gasteiger partial charge < -0.3 is 21.3 Å². The van der Waals surface area contributed by atoms with Gasteiger partial charge in [0, 0.05) is 53.7 Å². The summed E-state index contributed by atoms with van der Waals surface area (Å²) in [6.45, 7) is 2.96. The minimum Gasteiger partial charge on any atom is -0.359 e. The molecule has 150 valence electrons. The highest BCUT2D eigenvalue weighted by Gasteiger charge is 2.23. The van der Waals surface area contributed by atoms with E-state index in [2.05, 4.69) is 21.3 Å². The van der Waals surface area contributed by atoms with Crippen LogP contribution < -0.4 is 21.3 Å². The minimum absolute atomic E-state index is 0.0638. The van der Waals surface area contributed by atoms with Crippen LogP contribution in [0.1, 0.15) is 13.3 Å². The Balaban J connectivity index is 5.04. The molecule has 1 unspecified atom stereocenters.